The standard InChI is InChI=1S/C13H16N4O2S/c1-8(2)10-7-20-12(17-10)3-4-14-11-6-15-9(5-16-11)13(18)19/h5-8H,3-4H2,1-2H3,(H,14,16)(H,18,19). The van der Waals surface area contributed by atoms with E-state index in [0.717, 1.165) is 17.1 Å². The Bertz CT molecular complexity index is 580. The maximum atomic E-state index is 10.6. The van der Waals surface area contributed by atoms with Gasteiger partial charge in [-0.15, -0.1) is 11.3 Å². The van der Waals surface area contributed by atoms with Gasteiger partial charge in [0, 0.05) is 18.3 Å². The average molecular weight is 292 g/mol. The second-order valence-electron chi connectivity index (χ2n) is 4.59. The normalized spacial score (nSPS) is 10.8. The number of thiazole rings is 1. The van der Waals surface area contributed by atoms with E-state index in [2.05, 4.69) is 39.5 Å². The minimum atomic E-state index is -1.08. The summed E-state index contributed by atoms with van der Waals surface area (Å²) in [6.07, 6.45) is 3.47. The van der Waals surface area contributed by atoms with Crippen molar-refractivity contribution in [3.8, 4) is 0 Å². The smallest absolute Gasteiger partial charge is 0.356 e. The maximum Gasteiger partial charge on any atom is 0.356 e. The number of anilines is 1. The number of rotatable bonds is 6. The molecule has 0 spiro atoms. The quantitative estimate of drug-likeness (QED) is 0.850. The summed E-state index contributed by atoms with van der Waals surface area (Å²) >= 11 is 1.65. The van der Waals surface area contributed by atoms with Crippen molar-refractivity contribution in [3.05, 3.63) is 34.2 Å². The molecule has 0 saturated heterocycles. The molecule has 106 valence electrons. The molecule has 20 heavy (non-hydrogen) atoms. The van der Waals surface area contributed by atoms with Crippen LogP contribution in [0.25, 0.3) is 0 Å². The highest BCUT2D eigenvalue weighted by Gasteiger charge is 2.06. The predicted octanol–water partition coefficient (Wildman–Crippen LogP) is 2.41. The first-order chi connectivity index (χ1) is 9.56. The van der Waals surface area contributed by atoms with Gasteiger partial charge in [-0.1, -0.05) is 13.8 Å². The largest absolute Gasteiger partial charge is 0.476 e. The van der Waals surface area contributed by atoms with Crippen LogP contribution in [0.5, 0.6) is 0 Å². The second kappa shape index (κ2) is 6.42. The molecule has 0 aliphatic heterocycles. The van der Waals surface area contributed by atoms with E-state index in [4.69, 9.17) is 5.11 Å². The Balaban J connectivity index is 1.84. The number of carboxylic acids is 1. The monoisotopic (exact) mass is 292 g/mol. The van der Waals surface area contributed by atoms with E-state index >= 15 is 0 Å². The van der Waals surface area contributed by atoms with Gasteiger partial charge in [0.1, 0.15) is 5.82 Å². The van der Waals surface area contributed by atoms with Crippen molar-refractivity contribution in [2.75, 3.05) is 11.9 Å². The highest BCUT2D eigenvalue weighted by Crippen LogP contribution is 2.18. The Morgan fingerprint density at radius 3 is 2.75 bits per heavy atom. The van der Waals surface area contributed by atoms with Crippen LogP contribution in [-0.4, -0.2) is 32.6 Å². The van der Waals surface area contributed by atoms with Gasteiger partial charge in [0.25, 0.3) is 0 Å². The number of carboxylic acid groups (broad SMARTS) is 1. The van der Waals surface area contributed by atoms with E-state index in [-0.39, 0.29) is 5.69 Å². The van der Waals surface area contributed by atoms with E-state index in [0.29, 0.717) is 18.3 Å². The van der Waals surface area contributed by atoms with Gasteiger partial charge in [-0.05, 0) is 5.92 Å². The molecular formula is C13H16N4O2S. The molecule has 6 nitrogen and oxygen atoms in total. The van der Waals surface area contributed by atoms with Gasteiger partial charge in [0.15, 0.2) is 5.69 Å². The van der Waals surface area contributed by atoms with E-state index in [1.807, 2.05) is 0 Å². The zero-order valence-electron chi connectivity index (χ0n) is 11.3. The lowest BCUT2D eigenvalue weighted by Gasteiger charge is -2.03. The molecule has 0 bridgehead atoms. The van der Waals surface area contributed by atoms with Crippen molar-refractivity contribution < 1.29 is 9.90 Å². The highest BCUT2D eigenvalue weighted by atomic mass is 32.1. The third-order valence-corrected chi connectivity index (χ3v) is 3.60. The fraction of sp³-hybridized carbons (Fsp3) is 0.385. The van der Waals surface area contributed by atoms with Gasteiger partial charge in [-0.3, -0.25) is 0 Å². The number of nitrogens with zero attached hydrogens (tertiary/aromatic N) is 3. The first-order valence-corrected chi connectivity index (χ1v) is 7.17. The summed E-state index contributed by atoms with van der Waals surface area (Å²) in [6.45, 7) is 4.93. The SMILES string of the molecule is CC(C)c1csc(CCNc2cnc(C(=O)O)cn2)n1. The molecule has 0 aliphatic carbocycles. The lowest BCUT2D eigenvalue weighted by atomic mass is 10.2. The van der Waals surface area contributed by atoms with E-state index in [9.17, 15) is 4.79 Å². The molecule has 2 aromatic heterocycles. The van der Waals surface area contributed by atoms with Gasteiger partial charge >= 0.3 is 5.97 Å². The van der Waals surface area contributed by atoms with E-state index in [1.54, 1.807) is 11.3 Å². The summed E-state index contributed by atoms with van der Waals surface area (Å²) in [5, 5.41) is 15.0. The van der Waals surface area contributed by atoms with Crippen LogP contribution in [0.2, 0.25) is 0 Å². The molecular weight excluding hydrogens is 276 g/mol. The van der Waals surface area contributed by atoms with Crippen molar-refractivity contribution >= 4 is 23.1 Å². The summed E-state index contributed by atoms with van der Waals surface area (Å²) in [6, 6.07) is 0. The predicted molar refractivity (Wildman–Crippen MR) is 77.4 cm³/mol. The molecule has 0 aliphatic rings. The number of nitrogens with one attached hydrogen (secondary N) is 1. The molecule has 2 aromatic rings. The van der Waals surface area contributed by atoms with Crippen molar-refractivity contribution in [2.24, 2.45) is 0 Å². The summed E-state index contributed by atoms with van der Waals surface area (Å²) < 4.78 is 0. The van der Waals surface area contributed by atoms with Crippen LogP contribution in [-0.2, 0) is 6.42 Å². The summed E-state index contributed by atoms with van der Waals surface area (Å²) in [5.74, 6) is -0.0638. The lowest BCUT2D eigenvalue weighted by Crippen LogP contribution is -2.08. The zero-order valence-corrected chi connectivity index (χ0v) is 12.1. The number of aromatic nitrogens is 3. The van der Waals surface area contributed by atoms with Gasteiger partial charge in [-0.2, -0.15) is 0 Å². The first-order valence-electron chi connectivity index (χ1n) is 6.29. The topological polar surface area (TPSA) is 88.0 Å². The molecule has 0 saturated carbocycles. The number of carbonyl (C=O) groups is 1. The molecule has 0 aromatic carbocycles. The Morgan fingerprint density at radius 1 is 1.40 bits per heavy atom. The minimum absolute atomic E-state index is 0.0583. The summed E-state index contributed by atoms with van der Waals surface area (Å²) in [5.41, 5.74) is 1.06. The van der Waals surface area contributed by atoms with Crippen LogP contribution < -0.4 is 5.32 Å². The van der Waals surface area contributed by atoms with Gasteiger partial charge < -0.3 is 10.4 Å². The lowest BCUT2D eigenvalue weighted by molar-refractivity contribution is 0.0690. The zero-order chi connectivity index (χ0) is 14.5. The van der Waals surface area contributed by atoms with Crippen LogP contribution >= 0.6 is 11.3 Å². The van der Waals surface area contributed by atoms with Gasteiger partial charge in [-0.25, -0.2) is 19.7 Å². The van der Waals surface area contributed by atoms with Crippen LogP contribution in [0.4, 0.5) is 5.82 Å². The van der Waals surface area contributed by atoms with Crippen LogP contribution in [0.1, 0.15) is 41.0 Å². The van der Waals surface area contributed by atoms with Crippen molar-refractivity contribution in [1.29, 1.82) is 0 Å². The fourth-order valence-electron chi connectivity index (χ4n) is 1.53. The van der Waals surface area contributed by atoms with Gasteiger partial charge in [0.2, 0.25) is 0 Å². The van der Waals surface area contributed by atoms with Crippen LogP contribution in [0.3, 0.4) is 0 Å². The molecule has 0 fully saturated rings. The third-order valence-electron chi connectivity index (χ3n) is 2.68. The van der Waals surface area contributed by atoms with Crippen LogP contribution in [0.15, 0.2) is 17.8 Å². The van der Waals surface area contributed by atoms with Gasteiger partial charge in [0.05, 0.1) is 23.1 Å². The van der Waals surface area contributed by atoms with Crippen LogP contribution in [0, 0.1) is 0 Å². The van der Waals surface area contributed by atoms with Crippen molar-refractivity contribution in [3.63, 3.8) is 0 Å². The Kier molecular flexibility index (Phi) is 4.62. The first kappa shape index (κ1) is 14.4. The fourth-order valence-corrected chi connectivity index (χ4v) is 2.49. The minimum Gasteiger partial charge on any atom is -0.476 e. The second-order valence-corrected chi connectivity index (χ2v) is 5.53. The summed E-state index contributed by atoms with van der Waals surface area (Å²) in [4.78, 5) is 23.0. The molecule has 2 heterocycles. The summed E-state index contributed by atoms with van der Waals surface area (Å²) in [7, 11) is 0. The molecule has 2 N–H and O–H groups in total. The average Bonchev–Trinajstić information content (AvgIpc) is 2.88. The van der Waals surface area contributed by atoms with E-state index in [1.165, 1.54) is 12.4 Å². The number of aromatic carboxylic acids is 1. The molecule has 0 radical (unpaired) electrons. The number of hydrogen-bond donors (Lipinski definition) is 2. The molecule has 7 heteroatoms. The molecule has 0 atom stereocenters. The highest BCUT2D eigenvalue weighted by molar-refractivity contribution is 7.09. The van der Waals surface area contributed by atoms with Crippen molar-refractivity contribution in [2.45, 2.75) is 26.2 Å². The number of hydrogen-bond acceptors (Lipinski definition) is 6. The third kappa shape index (κ3) is 3.74. The van der Waals surface area contributed by atoms with Crippen molar-refractivity contribution in [1.82, 2.24) is 15.0 Å². The van der Waals surface area contributed by atoms with E-state index < -0.39 is 5.97 Å². The Morgan fingerprint density at radius 2 is 2.20 bits per heavy atom. The Labute approximate surface area is 120 Å². The molecule has 2 rings (SSSR count). The molecule has 0 unspecified atom stereocenters. The Hall–Kier alpha value is -2.02. The molecule has 0 amide bonds. The maximum absolute atomic E-state index is 10.6.